The molecule has 0 spiro atoms. The van der Waals surface area contributed by atoms with Crippen LogP contribution < -0.4 is 4.74 Å². The van der Waals surface area contributed by atoms with Gasteiger partial charge in [-0.05, 0) is 23.6 Å². The standard InChI is InChI=1S/C15H20O4/c1-11(10-15(16)17)14(19-3)9-6-12-4-7-13(18-2)8-5-12/h4-9,11,14H,10H2,1-3H3,(H,16,17)/b9-6+/t11-,14-/m0/s1. The molecular formula is C15H20O4. The molecular weight excluding hydrogens is 244 g/mol. The van der Waals surface area contributed by atoms with Gasteiger partial charge >= 0.3 is 5.97 Å². The van der Waals surface area contributed by atoms with Crippen molar-refractivity contribution >= 4 is 12.0 Å². The molecule has 1 aromatic carbocycles. The van der Waals surface area contributed by atoms with Gasteiger partial charge in [0, 0.05) is 7.11 Å². The van der Waals surface area contributed by atoms with Gasteiger partial charge in [0.2, 0.25) is 0 Å². The smallest absolute Gasteiger partial charge is 0.303 e. The molecule has 0 aliphatic heterocycles. The highest BCUT2D eigenvalue weighted by Gasteiger charge is 2.16. The summed E-state index contributed by atoms with van der Waals surface area (Å²) in [6.45, 7) is 1.86. The van der Waals surface area contributed by atoms with Crippen LogP contribution in [-0.2, 0) is 9.53 Å². The average Bonchev–Trinajstić information content (AvgIpc) is 2.39. The number of rotatable bonds is 7. The van der Waals surface area contributed by atoms with Gasteiger partial charge in [0.15, 0.2) is 0 Å². The first-order valence-electron chi connectivity index (χ1n) is 6.13. The van der Waals surface area contributed by atoms with Gasteiger partial charge in [-0.2, -0.15) is 0 Å². The first-order chi connectivity index (χ1) is 9.06. The molecule has 0 saturated heterocycles. The van der Waals surface area contributed by atoms with Crippen molar-refractivity contribution in [1.82, 2.24) is 0 Å². The Morgan fingerprint density at radius 1 is 1.32 bits per heavy atom. The van der Waals surface area contributed by atoms with Crippen LogP contribution in [0.4, 0.5) is 0 Å². The van der Waals surface area contributed by atoms with Crippen LogP contribution in [-0.4, -0.2) is 31.4 Å². The van der Waals surface area contributed by atoms with E-state index in [4.69, 9.17) is 14.6 Å². The lowest BCUT2D eigenvalue weighted by Gasteiger charge is -2.17. The molecule has 2 atom stereocenters. The molecule has 0 aliphatic rings. The number of benzene rings is 1. The molecule has 0 unspecified atom stereocenters. The third-order valence-corrected chi connectivity index (χ3v) is 2.92. The predicted molar refractivity (Wildman–Crippen MR) is 74.2 cm³/mol. The SMILES string of the molecule is COc1ccc(/C=C/[C@H](OC)[C@@H](C)CC(=O)O)cc1. The summed E-state index contributed by atoms with van der Waals surface area (Å²) in [7, 11) is 3.21. The minimum absolute atomic E-state index is 0.0722. The summed E-state index contributed by atoms with van der Waals surface area (Å²) in [4.78, 5) is 10.7. The van der Waals surface area contributed by atoms with Crippen LogP contribution in [0.25, 0.3) is 6.08 Å². The predicted octanol–water partition coefficient (Wildman–Crippen LogP) is 2.83. The fourth-order valence-electron chi connectivity index (χ4n) is 1.81. The fourth-order valence-corrected chi connectivity index (χ4v) is 1.81. The molecule has 0 aromatic heterocycles. The Morgan fingerprint density at radius 2 is 1.95 bits per heavy atom. The first-order valence-corrected chi connectivity index (χ1v) is 6.13. The van der Waals surface area contributed by atoms with E-state index < -0.39 is 5.97 Å². The Bertz CT molecular complexity index is 422. The Hall–Kier alpha value is -1.81. The lowest BCUT2D eigenvalue weighted by molar-refractivity contribution is -0.138. The van der Waals surface area contributed by atoms with E-state index in [2.05, 4.69) is 0 Å². The van der Waals surface area contributed by atoms with E-state index in [9.17, 15) is 4.79 Å². The second-order valence-corrected chi connectivity index (χ2v) is 4.41. The van der Waals surface area contributed by atoms with Crippen LogP contribution in [0.1, 0.15) is 18.9 Å². The van der Waals surface area contributed by atoms with Gasteiger partial charge in [0.25, 0.3) is 0 Å². The van der Waals surface area contributed by atoms with Crippen molar-refractivity contribution in [3.05, 3.63) is 35.9 Å². The molecule has 0 aliphatic carbocycles. The molecule has 104 valence electrons. The molecule has 4 nitrogen and oxygen atoms in total. The molecule has 0 saturated carbocycles. The number of carbonyl (C=O) groups is 1. The summed E-state index contributed by atoms with van der Waals surface area (Å²) in [5.74, 6) is -0.0796. The molecule has 0 bridgehead atoms. The topological polar surface area (TPSA) is 55.8 Å². The van der Waals surface area contributed by atoms with E-state index in [1.807, 2.05) is 43.3 Å². The zero-order valence-corrected chi connectivity index (χ0v) is 11.5. The third-order valence-electron chi connectivity index (χ3n) is 2.92. The Labute approximate surface area is 113 Å². The van der Waals surface area contributed by atoms with Crippen LogP contribution in [0, 0.1) is 5.92 Å². The summed E-state index contributed by atoms with van der Waals surface area (Å²) < 4.78 is 10.4. The normalized spacial score (nSPS) is 14.3. The van der Waals surface area contributed by atoms with Crippen LogP contribution in [0.2, 0.25) is 0 Å². The van der Waals surface area contributed by atoms with E-state index >= 15 is 0 Å². The maximum absolute atomic E-state index is 10.7. The molecule has 19 heavy (non-hydrogen) atoms. The Balaban J connectivity index is 2.67. The van der Waals surface area contributed by atoms with Gasteiger partial charge in [0.05, 0.1) is 19.6 Å². The van der Waals surface area contributed by atoms with Crippen molar-refractivity contribution in [3.63, 3.8) is 0 Å². The zero-order chi connectivity index (χ0) is 14.3. The molecule has 0 heterocycles. The van der Waals surface area contributed by atoms with Crippen LogP contribution in [0.5, 0.6) is 5.75 Å². The average molecular weight is 264 g/mol. The maximum Gasteiger partial charge on any atom is 0.303 e. The third kappa shape index (κ3) is 5.14. The number of ether oxygens (including phenoxy) is 2. The van der Waals surface area contributed by atoms with Gasteiger partial charge in [0.1, 0.15) is 5.75 Å². The van der Waals surface area contributed by atoms with E-state index in [0.717, 1.165) is 11.3 Å². The number of methoxy groups -OCH3 is 2. The van der Waals surface area contributed by atoms with E-state index in [1.165, 1.54) is 0 Å². The van der Waals surface area contributed by atoms with Crippen molar-refractivity contribution in [3.8, 4) is 5.75 Å². The van der Waals surface area contributed by atoms with Crippen molar-refractivity contribution in [1.29, 1.82) is 0 Å². The molecule has 1 N–H and O–H groups in total. The number of hydrogen-bond acceptors (Lipinski definition) is 3. The summed E-state index contributed by atoms with van der Waals surface area (Å²) >= 11 is 0. The molecule has 0 amide bonds. The van der Waals surface area contributed by atoms with Crippen LogP contribution in [0.3, 0.4) is 0 Å². The molecule has 1 rings (SSSR count). The van der Waals surface area contributed by atoms with Gasteiger partial charge in [-0.1, -0.05) is 31.2 Å². The summed E-state index contributed by atoms with van der Waals surface area (Å²) in [5, 5.41) is 8.78. The Morgan fingerprint density at radius 3 is 2.42 bits per heavy atom. The van der Waals surface area contributed by atoms with Gasteiger partial charge < -0.3 is 14.6 Å². The first kappa shape index (κ1) is 15.2. The molecule has 0 fully saturated rings. The lowest BCUT2D eigenvalue weighted by atomic mass is 9.99. The van der Waals surface area contributed by atoms with Crippen LogP contribution in [0.15, 0.2) is 30.3 Å². The zero-order valence-electron chi connectivity index (χ0n) is 11.5. The number of aliphatic carboxylic acids is 1. The van der Waals surface area contributed by atoms with Crippen molar-refractivity contribution in [2.45, 2.75) is 19.4 Å². The second-order valence-electron chi connectivity index (χ2n) is 4.41. The van der Waals surface area contributed by atoms with Gasteiger partial charge in [-0.15, -0.1) is 0 Å². The van der Waals surface area contributed by atoms with Gasteiger partial charge in [-0.3, -0.25) is 4.79 Å². The van der Waals surface area contributed by atoms with Crippen molar-refractivity contribution in [2.75, 3.05) is 14.2 Å². The highest BCUT2D eigenvalue weighted by Crippen LogP contribution is 2.16. The number of carboxylic acids is 1. The second kappa shape index (κ2) is 7.59. The van der Waals surface area contributed by atoms with Gasteiger partial charge in [-0.25, -0.2) is 0 Å². The monoisotopic (exact) mass is 264 g/mol. The van der Waals surface area contributed by atoms with E-state index in [-0.39, 0.29) is 18.4 Å². The molecule has 0 radical (unpaired) electrons. The maximum atomic E-state index is 10.7. The van der Waals surface area contributed by atoms with E-state index in [1.54, 1.807) is 14.2 Å². The van der Waals surface area contributed by atoms with Crippen molar-refractivity contribution in [2.24, 2.45) is 5.92 Å². The summed E-state index contributed by atoms with van der Waals surface area (Å²) in [6.07, 6.45) is 3.69. The quantitative estimate of drug-likeness (QED) is 0.822. The Kier molecular flexibility index (Phi) is 6.09. The number of carboxylic acid groups (broad SMARTS) is 1. The fraction of sp³-hybridized carbons (Fsp3) is 0.400. The highest BCUT2D eigenvalue weighted by atomic mass is 16.5. The highest BCUT2D eigenvalue weighted by molar-refractivity contribution is 5.67. The minimum atomic E-state index is -0.813. The molecule has 1 aromatic rings. The van der Waals surface area contributed by atoms with E-state index in [0.29, 0.717) is 0 Å². The minimum Gasteiger partial charge on any atom is -0.497 e. The summed E-state index contributed by atoms with van der Waals surface area (Å²) in [6, 6.07) is 7.62. The summed E-state index contributed by atoms with van der Waals surface area (Å²) in [5.41, 5.74) is 1.02. The molecule has 4 heteroatoms. The number of hydrogen-bond donors (Lipinski definition) is 1. The largest absolute Gasteiger partial charge is 0.497 e. The lowest BCUT2D eigenvalue weighted by Crippen LogP contribution is -2.20. The van der Waals surface area contributed by atoms with Crippen molar-refractivity contribution < 1.29 is 19.4 Å². The van der Waals surface area contributed by atoms with Crippen LogP contribution >= 0.6 is 0 Å².